The SMILES string of the molecule is Cc1cccc(SCC(O)CN2CCNCC2)c1. The van der Waals surface area contributed by atoms with Crippen LogP contribution in [0.2, 0.25) is 0 Å². The van der Waals surface area contributed by atoms with Crippen LogP contribution in [-0.4, -0.2) is 54.6 Å². The number of nitrogens with one attached hydrogen (secondary N) is 1. The van der Waals surface area contributed by atoms with Crippen molar-refractivity contribution in [3.63, 3.8) is 0 Å². The van der Waals surface area contributed by atoms with Gasteiger partial charge >= 0.3 is 0 Å². The zero-order chi connectivity index (χ0) is 12.8. The standard InChI is InChI=1S/C14H22N2OS/c1-12-3-2-4-14(9-12)18-11-13(17)10-16-7-5-15-6-8-16/h2-4,9,13,15,17H,5-8,10-11H2,1H3. The van der Waals surface area contributed by atoms with Gasteiger partial charge in [0.1, 0.15) is 0 Å². The van der Waals surface area contributed by atoms with Crippen molar-refractivity contribution < 1.29 is 5.11 Å². The highest BCUT2D eigenvalue weighted by molar-refractivity contribution is 7.99. The van der Waals surface area contributed by atoms with Crippen molar-refractivity contribution in [1.29, 1.82) is 0 Å². The minimum absolute atomic E-state index is 0.242. The van der Waals surface area contributed by atoms with Crippen LogP contribution in [-0.2, 0) is 0 Å². The van der Waals surface area contributed by atoms with Gasteiger partial charge in [-0.2, -0.15) is 0 Å². The Labute approximate surface area is 114 Å². The lowest BCUT2D eigenvalue weighted by Crippen LogP contribution is -2.46. The Kier molecular flexibility index (Phi) is 5.50. The molecule has 0 radical (unpaired) electrons. The largest absolute Gasteiger partial charge is 0.391 e. The fourth-order valence-corrected chi connectivity index (χ4v) is 3.08. The first-order valence-corrected chi connectivity index (χ1v) is 7.53. The van der Waals surface area contributed by atoms with Gasteiger partial charge in [-0.05, 0) is 19.1 Å². The molecule has 2 N–H and O–H groups in total. The second-order valence-corrected chi connectivity index (χ2v) is 5.93. The van der Waals surface area contributed by atoms with Gasteiger partial charge in [-0.3, -0.25) is 4.90 Å². The molecule has 2 rings (SSSR count). The van der Waals surface area contributed by atoms with Gasteiger partial charge in [0.25, 0.3) is 0 Å². The zero-order valence-electron chi connectivity index (χ0n) is 10.9. The fourth-order valence-electron chi connectivity index (χ4n) is 2.14. The molecule has 1 aliphatic heterocycles. The topological polar surface area (TPSA) is 35.5 Å². The molecule has 1 atom stereocenters. The second-order valence-electron chi connectivity index (χ2n) is 4.83. The monoisotopic (exact) mass is 266 g/mol. The molecule has 3 nitrogen and oxygen atoms in total. The predicted molar refractivity (Wildman–Crippen MR) is 77.2 cm³/mol. The van der Waals surface area contributed by atoms with Crippen LogP contribution in [0.25, 0.3) is 0 Å². The molecule has 0 aliphatic carbocycles. The van der Waals surface area contributed by atoms with E-state index < -0.39 is 0 Å². The Morgan fingerprint density at radius 2 is 2.17 bits per heavy atom. The van der Waals surface area contributed by atoms with Crippen molar-refractivity contribution in [1.82, 2.24) is 10.2 Å². The molecular weight excluding hydrogens is 244 g/mol. The third kappa shape index (κ3) is 4.61. The quantitative estimate of drug-likeness (QED) is 0.789. The van der Waals surface area contributed by atoms with Crippen molar-refractivity contribution in [3.8, 4) is 0 Å². The summed E-state index contributed by atoms with van der Waals surface area (Å²) in [6, 6.07) is 8.44. The predicted octanol–water partition coefficient (Wildman–Crippen LogP) is 1.35. The lowest BCUT2D eigenvalue weighted by atomic mass is 10.2. The number of aliphatic hydroxyl groups is 1. The van der Waals surface area contributed by atoms with Gasteiger partial charge < -0.3 is 10.4 Å². The maximum atomic E-state index is 10.0. The number of aliphatic hydroxyl groups excluding tert-OH is 1. The summed E-state index contributed by atoms with van der Waals surface area (Å²) in [7, 11) is 0. The summed E-state index contributed by atoms with van der Waals surface area (Å²) in [4.78, 5) is 3.58. The number of piperazine rings is 1. The number of thioether (sulfide) groups is 1. The molecule has 0 amide bonds. The maximum Gasteiger partial charge on any atom is 0.0760 e. The highest BCUT2D eigenvalue weighted by Crippen LogP contribution is 2.19. The molecule has 0 bridgehead atoms. The average molecular weight is 266 g/mol. The van der Waals surface area contributed by atoms with E-state index in [1.807, 2.05) is 0 Å². The van der Waals surface area contributed by atoms with E-state index in [4.69, 9.17) is 0 Å². The zero-order valence-corrected chi connectivity index (χ0v) is 11.7. The number of rotatable bonds is 5. The van der Waals surface area contributed by atoms with Crippen LogP contribution in [0.4, 0.5) is 0 Å². The van der Waals surface area contributed by atoms with Crippen LogP contribution < -0.4 is 5.32 Å². The Morgan fingerprint density at radius 3 is 2.89 bits per heavy atom. The molecule has 4 heteroatoms. The molecular formula is C14H22N2OS. The summed E-state index contributed by atoms with van der Waals surface area (Å²) >= 11 is 1.74. The van der Waals surface area contributed by atoms with E-state index in [0.29, 0.717) is 0 Å². The van der Waals surface area contributed by atoms with Crippen LogP contribution >= 0.6 is 11.8 Å². The molecule has 1 unspecified atom stereocenters. The highest BCUT2D eigenvalue weighted by atomic mass is 32.2. The summed E-state index contributed by atoms with van der Waals surface area (Å²) in [5, 5.41) is 13.4. The van der Waals surface area contributed by atoms with Gasteiger partial charge in [0.15, 0.2) is 0 Å². The molecule has 1 heterocycles. The summed E-state index contributed by atoms with van der Waals surface area (Å²) in [6.07, 6.45) is -0.242. The lowest BCUT2D eigenvalue weighted by molar-refractivity contribution is 0.121. The first kappa shape index (κ1) is 13.9. The Hall–Kier alpha value is -0.550. The Bertz CT molecular complexity index is 367. The van der Waals surface area contributed by atoms with Crippen LogP contribution in [0, 0.1) is 6.92 Å². The van der Waals surface area contributed by atoms with Crippen LogP contribution in [0.3, 0.4) is 0 Å². The first-order chi connectivity index (χ1) is 8.74. The fraction of sp³-hybridized carbons (Fsp3) is 0.571. The van der Waals surface area contributed by atoms with Crippen LogP contribution in [0.15, 0.2) is 29.2 Å². The van der Waals surface area contributed by atoms with E-state index in [2.05, 4.69) is 41.4 Å². The first-order valence-electron chi connectivity index (χ1n) is 6.54. The summed E-state index contributed by atoms with van der Waals surface area (Å²) in [5.41, 5.74) is 1.27. The van der Waals surface area contributed by atoms with E-state index in [9.17, 15) is 5.11 Å². The number of β-amino-alcohol motifs (C(OH)–C–C–N with tert-alkyl or cyclic N) is 1. The smallest absolute Gasteiger partial charge is 0.0760 e. The molecule has 1 aromatic carbocycles. The number of hydrogen-bond acceptors (Lipinski definition) is 4. The number of benzene rings is 1. The third-order valence-electron chi connectivity index (χ3n) is 3.11. The number of aryl methyl sites for hydroxylation is 1. The second kappa shape index (κ2) is 7.14. The molecule has 1 saturated heterocycles. The van der Waals surface area contributed by atoms with E-state index in [0.717, 1.165) is 38.5 Å². The van der Waals surface area contributed by atoms with Crippen molar-refractivity contribution >= 4 is 11.8 Å². The third-order valence-corrected chi connectivity index (χ3v) is 4.25. The van der Waals surface area contributed by atoms with Crippen molar-refractivity contribution in [3.05, 3.63) is 29.8 Å². The van der Waals surface area contributed by atoms with Gasteiger partial charge in [0.05, 0.1) is 6.10 Å². The average Bonchev–Trinajstić information content (AvgIpc) is 2.38. The highest BCUT2D eigenvalue weighted by Gasteiger charge is 2.14. The van der Waals surface area contributed by atoms with Crippen LogP contribution in [0.5, 0.6) is 0 Å². The minimum atomic E-state index is -0.242. The van der Waals surface area contributed by atoms with Gasteiger partial charge in [0.2, 0.25) is 0 Å². The van der Waals surface area contributed by atoms with Crippen molar-refractivity contribution in [2.24, 2.45) is 0 Å². The van der Waals surface area contributed by atoms with Crippen molar-refractivity contribution in [2.45, 2.75) is 17.9 Å². The molecule has 100 valence electrons. The molecule has 0 spiro atoms. The maximum absolute atomic E-state index is 10.0. The van der Waals surface area contributed by atoms with Gasteiger partial charge in [-0.25, -0.2) is 0 Å². The minimum Gasteiger partial charge on any atom is -0.391 e. The Morgan fingerprint density at radius 1 is 1.39 bits per heavy atom. The van der Waals surface area contributed by atoms with Gasteiger partial charge in [-0.15, -0.1) is 11.8 Å². The van der Waals surface area contributed by atoms with Gasteiger partial charge in [0, 0.05) is 43.4 Å². The van der Waals surface area contributed by atoms with Gasteiger partial charge in [-0.1, -0.05) is 17.7 Å². The summed E-state index contributed by atoms with van der Waals surface area (Å²) in [5.74, 6) is 0.771. The summed E-state index contributed by atoms with van der Waals surface area (Å²) in [6.45, 7) is 7.07. The lowest BCUT2D eigenvalue weighted by Gasteiger charge is -2.28. The van der Waals surface area contributed by atoms with E-state index >= 15 is 0 Å². The number of hydrogen-bond donors (Lipinski definition) is 2. The Balaban J connectivity index is 1.72. The normalized spacial score (nSPS) is 18.8. The van der Waals surface area contributed by atoms with E-state index in [1.165, 1.54) is 10.5 Å². The molecule has 1 fully saturated rings. The van der Waals surface area contributed by atoms with E-state index in [-0.39, 0.29) is 6.10 Å². The molecule has 0 aromatic heterocycles. The molecule has 18 heavy (non-hydrogen) atoms. The molecule has 1 aromatic rings. The molecule has 1 aliphatic rings. The molecule has 0 saturated carbocycles. The van der Waals surface area contributed by atoms with Crippen LogP contribution in [0.1, 0.15) is 5.56 Å². The number of nitrogens with zero attached hydrogens (tertiary/aromatic N) is 1. The summed E-state index contributed by atoms with van der Waals surface area (Å²) < 4.78 is 0. The van der Waals surface area contributed by atoms with E-state index in [1.54, 1.807) is 11.8 Å². The van der Waals surface area contributed by atoms with Crippen molar-refractivity contribution in [2.75, 3.05) is 38.5 Å².